The van der Waals surface area contributed by atoms with Gasteiger partial charge in [0.05, 0.1) is 4.99 Å². The third kappa shape index (κ3) is 3.81. The first-order chi connectivity index (χ1) is 9.06. The standard InChI is InChI=1S/C13H16ClN3OS/c14-10-3-5-11(6-4-10)16-13(18)17-7-1-2-9(8-17)12(15)19/h3-6,9H,1-2,7-8H2,(H2,15,19)(H,16,18). The average Bonchev–Trinajstić information content (AvgIpc) is 2.41. The third-order valence-corrected chi connectivity index (χ3v) is 3.79. The second-order valence-electron chi connectivity index (χ2n) is 4.62. The number of nitrogens with two attached hydrogens (primary N) is 1. The second kappa shape index (κ2) is 6.21. The van der Waals surface area contributed by atoms with Gasteiger partial charge in [0.25, 0.3) is 0 Å². The molecule has 1 fully saturated rings. The van der Waals surface area contributed by atoms with Gasteiger partial charge in [0, 0.05) is 29.7 Å². The molecule has 1 saturated heterocycles. The number of carbonyl (C=O) groups is 1. The van der Waals surface area contributed by atoms with Crippen LogP contribution in [0.5, 0.6) is 0 Å². The molecule has 1 aromatic rings. The van der Waals surface area contributed by atoms with Crippen molar-refractivity contribution >= 4 is 40.5 Å². The Bertz CT molecular complexity index is 477. The van der Waals surface area contributed by atoms with Crippen LogP contribution in [0.1, 0.15) is 12.8 Å². The van der Waals surface area contributed by atoms with Gasteiger partial charge in [-0.3, -0.25) is 0 Å². The van der Waals surface area contributed by atoms with Crippen LogP contribution in [0.3, 0.4) is 0 Å². The number of amides is 2. The van der Waals surface area contributed by atoms with Crippen molar-refractivity contribution in [2.75, 3.05) is 18.4 Å². The predicted molar refractivity (Wildman–Crippen MR) is 81.6 cm³/mol. The number of nitrogens with zero attached hydrogens (tertiary/aromatic N) is 1. The SMILES string of the molecule is NC(=S)C1CCCN(C(=O)Nc2ccc(Cl)cc2)C1. The molecule has 1 atom stereocenters. The molecule has 102 valence electrons. The van der Waals surface area contributed by atoms with Crippen LogP contribution >= 0.6 is 23.8 Å². The second-order valence-corrected chi connectivity index (χ2v) is 5.53. The zero-order valence-electron chi connectivity index (χ0n) is 10.4. The smallest absolute Gasteiger partial charge is 0.321 e. The van der Waals surface area contributed by atoms with Crippen molar-refractivity contribution < 1.29 is 4.79 Å². The minimum Gasteiger partial charge on any atom is -0.393 e. The maximum absolute atomic E-state index is 12.1. The lowest BCUT2D eigenvalue weighted by atomic mass is 9.98. The summed E-state index contributed by atoms with van der Waals surface area (Å²) >= 11 is 10.8. The molecule has 1 aromatic carbocycles. The first-order valence-corrected chi connectivity index (χ1v) is 6.95. The Labute approximate surface area is 122 Å². The van der Waals surface area contributed by atoms with Gasteiger partial charge < -0.3 is 16.0 Å². The van der Waals surface area contributed by atoms with Crippen molar-refractivity contribution in [2.45, 2.75) is 12.8 Å². The highest BCUT2D eigenvalue weighted by molar-refractivity contribution is 7.80. The van der Waals surface area contributed by atoms with Gasteiger partial charge in [0.1, 0.15) is 0 Å². The molecule has 0 aromatic heterocycles. The number of thiocarbonyl (C=S) groups is 1. The number of carbonyl (C=O) groups excluding carboxylic acids is 1. The number of nitrogens with one attached hydrogen (secondary N) is 1. The number of hydrogen-bond donors (Lipinski definition) is 2. The number of benzene rings is 1. The monoisotopic (exact) mass is 297 g/mol. The number of rotatable bonds is 2. The zero-order valence-corrected chi connectivity index (χ0v) is 12.0. The topological polar surface area (TPSA) is 58.4 Å². The van der Waals surface area contributed by atoms with E-state index in [1.165, 1.54) is 0 Å². The van der Waals surface area contributed by atoms with Crippen molar-refractivity contribution in [3.8, 4) is 0 Å². The molecule has 6 heteroatoms. The van der Waals surface area contributed by atoms with Crippen molar-refractivity contribution in [3.05, 3.63) is 29.3 Å². The van der Waals surface area contributed by atoms with Gasteiger partial charge in [0.15, 0.2) is 0 Å². The van der Waals surface area contributed by atoms with Crippen LogP contribution in [0.15, 0.2) is 24.3 Å². The first kappa shape index (κ1) is 14.1. The summed E-state index contributed by atoms with van der Waals surface area (Å²) in [5, 5.41) is 3.49. The predicted octanol–water partition coefficient (Wildman–Crippen LogP) is 2.87. The summed E-state index contributed by atoms with van der Waals surface area (Å²) in [7, 11) is 0. The molecule has 4 nitrogen and oxygen atoms in total. The third-order valence-electron chi connectivity index (χ3n) is 3.21. The van der Waals surface area contributed by atoms with Crippen LogP contribution in [-0.4, -0.2) is 29.0 Å². The van der Waals surface area contributed by atoms with Gasteiger partial charge in [0.2, 0.25) is 0 Å². The van der Waals surface area contributed by atoms with Crippen LogP contribution < -0.4 is 11.1 Å². The summed E-state index contributed by atoms with van der Waals surface area (Å²) in [5.74, 6) is 0.125. The summed E-state index contributed by atoms with van der Waals surface area (Å²) in [4.78, 5) is 14.4. The molecule has 2 rings (SSSR count). The van der Waals surface area contributed by atoms with Crippen molar-refractivity contribution in [3.63, 3.8) is 0 Å². The zero-order chi connectivity index (χ0) is 13.8. The summed E-state index contributed by atoms with van der Waals surface area (Å²) < 4.78 is 0. The van der Waals surface area contributed by atoms with Crippen LogP contribution in [0, 0.1) is 5.92 Å². The molecule has 0 spiro atoms. The number of piperidine rings is 1. The van der Waals surface area contributed by atoms with E-state index < -0.39 is 0 Å². The highest BCUT2D eigenvalue weighted by Crippen LogP contribution is 2.19. The van der Waals surface area contributed by atoms with Crippen molar-refractivity contribution in [1.29, 1.82) is 0 Å². The molecule has 2 amide bonds. The fourth-order valence-electron chi connectivity index (χ4n) is 2.13. The van der Waals surface area contributed by atoms with E-state index in [0.29, 0.717) is 16.6 Å². The largest absolute Gasteiger partial charge is 0.393 e. The van der Waals surface area contributed by atoms with Gasteiger partial charge in [-0.15, -0.1) is 0 Å². The van der Waals surface area contributed by atoms with Crippen molar-refractivity contribution in [2.24, 2.45) is 11.7 Å². The van der Waals surface area contributed by atoms with Gasteiger partial charge in [-0.05, 0) is 37.1 Å². The minimum atomic E-state index is -0.122. The molecule has 1 heterocycles. The fraction of sp³-hybridized carbons (Fsp3) is 0.385. The number of likely N-dealkylation sites (tertiary alicyclic amines) is 1. The molecule has 0 aliphatic carbocycles. The molecule has 1 unspecified atom stereocenters. The minimum absolute atomic E-state index is 0.122. The lowest BCUT2D eigenvalue weighted by molar-refractivity contribution is 0.191. The Balaban J connectivity index is 1.96. The van der Waals surface area contributed by atoms with Crippen LogP contribution in [0.25, 0.3) is 0 Å². The molecule has 1 aliphatic rings. The van der Waals surface area contributed by atoms with E-state index >= 15 is 0 Å². The number of anilines is 1. The maximum atomic E-state index is 12.1. The lowest BCUT2D eigenvalue weighted by Gasteiger charge is -2.32. The molecule has 3 N–H and O–H groups in total. The number of urea groups is 1. The molecule has 0 radical (unpaired) electrons. The van der Waals surface area contributed by atoms with Crippen LogP contribution in [0.4, 0.5) is 10.5 Å². The molecular weight excluding hydrogens is 282 g/mol. The maximum Gasteiger partial charge on any atom is 0.321 e. The van der Waals surface area contributed by atoms with E-state index in [-0.39, 0.29) is 11.9 Å². The summed E-state index contributed by atoms with van der Waals surface area (Å²) in [6.45, 7) is 1.33. The van der Waals surface area contributed by atoms with Gasteiger partial charge in [-0.25, -0.2) is 4.79 Å². The molecule has 1 aliphatic heterocycles. The molecule has 19 heavy (non-hydrogen) atoms. The van der Waals surface area contributed by atoms with Gasteiger partial charge >= 0.3 is 6.03 Å². The Morgan fingerprint density at radius 3 is 2.74 bits per heavy atom. The van der Waals surface area contributed by atoms with Crippen LogP contribution in [-0.2, 0) is 0 Å². The van der Waals surface area contributed by atoms with E-state index in [4.69, 9.17) is 29.6 Å². The Hall–Kier alpha value is -1.33. The van der Waals surface area contributed by atoms with E-state index in [1.807, 2.05) is 0 Å². The van der Waals surface area contributed by atoms with E-state index in [2.05, 4.69) is 5.32 Å². The molecule has 0 saturated carbocycles. The summed E-state index contributed by atoms with van der Waals surface area (Å²) in [6, 6.07) is 6.91. The summed E-state index contributed by atoms with van der Waals surface area (Å²) in [5.41, 5.74) is 6.39. The molecular formula is C13H16ClN3OS. The van der Waals surface area contributed by atoms with Crippen LogP contribution in [0.2, 0.25) is 5.02 Å². The van der Waals surface area contributed by atoms with E-state index in [0.717, 1.165) is 25.1 Å². The number of halogens is 1. The molecule has 0 bridgehead atoms. The first-order valence-electron chi connectivity index (χ1n) is 6.17. The van der Waals surface area contributed by atoms with Crippen molar-refractivity contribution in [1.82, 2.24) is 4.90 Å². The van der Waals surface area contributed by atoms with E-state index in [9.17, 15) is 4.79 Å². The summed E-state index contributed by atoms with van der Waals surface area (Å²) in [6.07, 6.45) is 1.89. The average molecular weight is 298 g/mol. The Morgan fingerprint density at radius 1 is 1.42 bits per heavy atom. The van der Waals surface area contributed by atoms with Gasteiger partial charge in [-0.2, -0.15) is 0 Å². The number of hydrogen-bond acceptors (Lipinski definition) is 2. The quantitative estimate of drug-likeness (QED) is 0.825. The normalized spacial score (nSPS) is 19.0. The van der Waals surface area contributed by atoms with E-state index in [1.54, 1.807) is 29.2 Å². The highest BCUT2D eigenvalue weighted by atomic mass is 35.5. The Kier molecular flexibility index (Phi) is 4.61. The lowest BCUT2D eigenvalue weighted by Crippen LogP contribution is -2.45. The highest BCUT2D eigenvalue weighted by Gasteiger charge is 2.25. The fourth-order valence-corrected chi connectivity index (χ4v) is 2.45. The van der Waals surface area contributed by atoms with Gasteiger partial charge in [-0.1, -0.05) is 23.8 Å². The Morgan fingerprint density at radius 2 is 2.11 bits per heavy atom.